The van der Waals surface area contributed by atoms with E-state index >= 15 is 0 Å². The third kappa shape index (κ3) is 3.65. The number of benzene rings is 1. The summed E-state index contributed by atoms with van der Waals surface area (Å²) >= 11 is 0. The Labute approximate surface area is 163 Å². The largest absolute Gasteiger partial charge is 0.452 e. The zero-order chi connectivity index (χ0) is 19.7. The Bertz CT molecular complexity index is 1020. The van der Waals surface area contributed by atoms with Gasteiger partial charge in [0.25, 0.3) is 5.91 Å². The molecule has 7 heteroatoms. The molecule has 0 saturated carbocycles. The molecule has 7 nitrogen and oxygen atoms in total. The number of nitrogens with zero attached hydrogens (tertiary/aromatic N) is 3. The Kier molecular flexibility index (Phi) is 4.90. The molecule has 1 N–H and O–H groups in total. The number of nitrogens with one attached hydrogen (secondary N) is 1. The van der Waals surface area contributed by atoms with Gasteiger partial charge in [-0.05, 0) is 31.0 Å². The van der Waals surface area contributed by atoms with Gasteiger partial charge in [-0.25, -0.2) is 0 Å². The number of carbonyl (C=O) groups excluding carboxylic acids is 2. The van der Waals surface area contributed by atoms with Gasteiger partial charge in [0.05, 0.1) is 17.9 Å². The monoisotopic (exact) mass is 380 g/mol. The minimum absolute atomic E-state index is 0.135. The number of rotatable bonds is 6. The van der Waals surface area contributed by atoms with Crippen molar-refractivity contribution in [2.24, 2.45) is 7.05 Å². The van der Waals surface area contributed by atoms with E-state index in [1.807, 2.05) is 44.4 Å². The van der Waals surface area contributed by atoms with Crippen molar-refractivity contribution in [3.8, 4) is 0 Å². The van der Waals surface area contributed by atoms with E-state index in [4.69, 9.17) is 4.74 Å². The number of fused-ring (bicyclic) bond motifs is 1. The van der Waals surface area contributed by atoms with E-state index in [0.717, 1.165) is 22.5 Å². The second kappa shape index (κ2) is 7.50. The number of ether oxygens (including phenoxy) is 1. The summed E-state index contributed by atoms with van der Waals surface area (Å²) in [7, 11) is 1.88. The summed E-state index contributed by atoms with van der Waals surface area (Å²) in [6, 6.07) is 10.1. The van der Waals surface area contributed by atoms with Crippen molar-refractivity contribution >= 4 is 22.8 Å². The molecule has 2 aromatic heterocycles. The molecule has 1 fully saturated rings. The van der Waals surface area contributed by atoms with E-state index in [1.54, 1.807) is 9.58 Å². The Hall–Kier alpha value is -3.09. The van der Waals surface area contributed by atoms with Gasteiger partial charge in [0.15, 0.2) is 6.10 Å². The van der Waals surface area contributed by atoms with Gasteiger partial charge in [-0.3, -0.25) is 14.3 Å². The summed E-state index contributed by atoms with van der Waals surface area (Å²) in [5.74, 6) is -0.434. The Morgan fingerprint density at radius 1 is 1.39 bits per heavy atom. The molecular formula is C21H24N4O3. The third-order valence-corrected chi connectivity index (χ3v) is 5.25. The maximum absolute atomic E-state index is 13.0. The lowest BCUT2D eigenvalue weighted by Gasteiger charge is -2.25. The maximum Gasteiger partial charge on any atom is 0.306 e. The van der Waals surface area contributed by atoms with Crippen LogP contribution in [-0.2, 0) is 34.3 Å². The number of hydrogen-bond acceptors (Lipinski definition) is 4. The van der Waals surface area contributed by atoms with E-state index in [1.165, 1.54) is 5.39 Å². The predicted octanol–water partition coefficient (Wildman–Crippen LogP) is 2.49. The van der Waals surface area contributed by atoms with Crippen molar-refractivity contribution < 1.29 is 14.3 Å². The molecule has 4 rings (SSSR count). The molecule has 1 amide bonds. The molecule has 0 spiro atoms. The van der Waals surface area contributed by atoms with Crippen molar-refractivity contribution in [1.82, 2.24) is 19.7 Å². The van der Waals surface area contributed by atoms with Crippen LogP contribution >= 0.6 is 0 Å². The first kappa shape index (κ1) is 18.3. The number of amides is 1. The van der Waals surface area contributed by atoms with Crippen molar-refractivity contribution in [3.63, 3.8) is 0 Å². The lowest BCUT2D eigenvalue weighted by Crippen LogP contribution is -2.40. The summed E-state index contributed by atoms with van der Waals surface area (Å²) in [5, 5.41) is 5.54. The standard InChI is InChI=1S/C21H24N4O3/c1-14-11-16(24(2)23-14)13-25(21(27)19-7-8-20(26)28-19)10-9-15-12-22-18-6-4-3-5-17(15)18/h3-6,11-12,19,22H,7-10,13H2,1-2H3/t19-/m0/s1. The lowest BCUT2D eigenvalue weighted by molar-refractivity contribution is -0.153. The van der Waals surface area contributed by atoms with Crippen molar-refractivity contribution in [2.75, 3.05) is 6.54 Å². The molecule has 1 aliphatic rings. The molecule has 0 bridgehead atoms. The fraction of sp³-hybridized carbons (Fsp3) is 0.381. The van der Waals surface area contributed by atoms with Crippen LogP contribution in [0.3, 0.4) is 0 Å². The number of carbonyl (C=O) groups is 2. The molecule has 1 saturated heterocycles. The summed E-state index contributed by atoms with van der Waals surface area (Å²) < 4.78 is 7.02. The van der Waals surface area contributed by atoms with Crippen LogP contribution in [0.25, 0.3) is 10.9 Å². The van der Waals surface area contributed by atoms with Crippen LogP contribution in [0.2, 0.25) is 0 Å². The summed E-state index contributed by atoms with van der Waals surface area (Å²) in [4.78, 5) is 29.6. The highest BCUT2D eigenvalue weighted by Crippen LogP contribution is 2.21. The topological polar surface area (TPSA) is 80.2 Å². The molecule has 3 aromatic rings. The number of hydrogen-bond donors (Lipinski definition) is 1. The number of aromatic amines is 1. The maximum atomic E-state index is 13.0. The fourth-order valence-electron chi connectivity index (χ4n) is 3.77. The van der Waals surface area contributed by atoms with E-state index < -0.39 is 6.10 Å². The fourth-order valence-corrected chi connectivity index (χ4v) is 3.77. The minimum atomic E-state index is -0.676. The number of cyclic esters (lactones) is 1. The van der Waals surface area contributed by atoms with Gasteiger partial charge in [0, 0.05) is 43.5 Å². The lowest BCUT2D eigenvalue weighted by atomic mass is 10.1. The molecule has 0 radical (unpaired) electrons. The molecule has 0 unspecified atom stereocenters. The van der Waals surface area contributed by atoms with E-state index in [0.29, 0.717) is 32.4 Å². The predicted molar refractivity (Wildman–Crippen MR) is 104 cm³/mol. The van der Waals surface area contributed by atoms with Crippen molar-refractivity contribution in [1.29, 1.82) is 0 Å². The van der Waals surface area contributed by atoms with Gasteiger partial charge in [-0.15, -0.1) is 0 Å². The second-order valence-electron chi connectivity index (χ2n) is 7.29. The van der Waals surface area contributed by atoms with Gasteiger partial charge < -0.3 is 14.6 Å². The van der Waals surface area contributed by atoms with Crippen LogP contribution in [0.15, 0.2) is 36.5 Å². The highest BCUT2D eigenvalue weighted by Gasteiger charge is 2.33. The van der Waals surface area contributed by atoms with Crippen LogP contribution in [0.5, 0.6) is 0 Å². The number of esters is 1. The number of H-pyrrole nitrogens is 1. The molecule has 146 valence electrons. The minimum Gasteiger partial charge on any atom is -0.452 e. The molecule has 1 aromatic carbocycles. The van der Waals surface area contributed by atoms with Gasteiger partial charge in [0.1, 0.15) is 0 Å². The summed E-state index contributed by atoms with van der Waals surface area (Å²) in [6.07, 6.45) is 2.79. The Balaban J connectivity index is 1.54. The molecule has 1 atom stereocenters. The van der Waals surface area contributed by atoms with Gasteiger partial charge in [-0.2, -0.15) is 5.10 Å². The smallest absolute Gasteiger partial charge is 0.306 e. The first-order chi connectivity index (χ1) is 13.5. The average Bonchev–Trinajstić information content (AvgIpc) is 3.37. The third-order valence-electron chi connectivity index (χ3n) is 5.25. The second-order valence-corrected chi connectivity index (χ2v) is 7.29. The van der Waals surface area contributed by atoms with Gasteiger partial charge in [0.2, 0.25) is 0 Å². The molecule has 0 aliphatic carbocycles. The number of aromatic nitrogens is 3. The van der Waals surface area contributed by atoms with Gasteiger partial charge in [-0.1, -0.05) is 18.2 Å². The van der Waals surface area contributed by atoms with Crippen LogP contribution in [0.4, 0.5) is 0 Å². The van der Waals surface area contributed by atoms with Crippen molar-refractivity contribution in [2.45, 2.75) is 38.8 Å². The molecule has 1 aliphatic heterocycles. The van der Waals surface area contributed by atoms with Crippen LogP contribution in [-0.4, -0.2) is 44.2 Å². The average molecular weight is 380 g/mol. The zero-order valence-electron chi connectivity index (χ0n) is 16.1. The van der Waals surface area contributed by atoms with Gasteiger partial charge >= 0.3 is 5.97 Å². The van der Waals surface area contributed by atoms with E-state index in [2.05, 4.69) is 16.1 Å². The SMILES string of the molecule is Cc1cc(CN(CCc2c[nH]c3ccccc23)C(=O)[C@@H]2CCC(=O)O2)n(C)n1. The highest BCUT2D eigenvalue weighted by atomic mass is 16.6. The van der Waals surface area contributed by atoms with Crippen LogP contribution in [0, 0.1) is 6.92 Å². The first-order valence-electron chi connectivity index (χ1n) is 9.54. The summed E-state index contributed by atoms with van der Waals surface area (Å²) in [5.41, 5.74) is 4.11. The van der Waals surface area contributed by atoms with E-state index in [9.17, 15) is 9.59 Å². The zero-order valence-corrected chi connectivity index (χ0v) is 16.1. The molecule has 28 heavy (non-hydrogen) atoms. The highest BCUT2D eigenvalue weighted by molar-refractivity contribution is 5.87. The van der Waals surface area contributed by atoms with Crippen LogP contribution in [0.1, 0.15) is 29.8 Å². The van der Waals surface area contributed by atoms with Crippen molar-refractivity contribution in [3.05, 3.63) is 53.5 Å². The Morgan fingerprint density at radius 2 is 2.21 bits per heavy atom. The van der Waals surface area contributed by atoms with Crippen LogP contribution < -0.4 is 0 Å². The van der Waals surface area contributed by atoms with E-state index in [-0.39, 0.29) is 11.9 Å². The molecule has 3 heterocycles. The Morgan fingerprint density at radius 3 is 2.93 bits per heavy atom. The normalized spacial score (nSPS) is 16.5. The first-order valence-corrected chi connectivity index (χ1v) is 9.54. The number of para-hydroxylation sites is 1. The quantitative estimate of drug-likeness (QED) is 0.666. The molecular weight excluding hydrogens is 356 g/mol. The number of aryl methyl sites for hydroxylation is 2. The summed E-state index contributed by atoms with van der Waals surface area (Å²) in [6.45, 7) is 2.91.